The molecule has 0 bridgehead atoms. The molecule has 2 aromatic heterocycles. The molecule has 3 aromatic rings. The Bertz CT molecular complexity index is 945. The lowest BCUT2D eigenvalue weighted by Crippen LogP contribution is -2.39. The molecule has 0 aliphatic carbocycles. The first-order valence-corrected chi connectivity index (χ1v) is 9.39. The second-order valence-electron chi connectivity index (χ2n) is 7.15. The highest BCUT2D eigenvalue weighted by Gasteiger charge is 2.25. The molecule has 0 radical (unpaired) electrons. The predicted octanol–water partition coefficient (Wildman–Crippen LogP) is 3.67. The average Bonchev–Trinajstić information content (AvgIpc) is 3.18. The van der Waals surface area contributed by atoms with Gasteiger partial charge in [-0.3, -0.25) is 9.78 Å². The number of rotatable bonds is 4. The topological polar surface area (TPSA) is 72.1 Å². The highest BCUT2D eigenvalue weighted by Crippen LogP contribution is 2.24. The largest absolute Gasteiger partial charge is 0.339 e. The molecular formula is C21H21FN4O2. The Morgan fingerprint density at radius 2 is 1.93 bits per heavy atom. The van der Waals surface area contributed by atoms with Gasteiger partial charge in [0.25, 0.3) is 5.91 Å². The Hall–Kier alpha value is -3.09. The summed E-state index contributed by atoms with van der Waals surface area (Å²) in [5, 5.41) is 3.99. The number of carbonyl (C=O) groups is 1. The van der Waals surface area contributed by atoms with Crippen LogP contribution in [0.4, 0.5) is 4.39 Å². The normalized spacial score (nSPS) is 15.0. The number of piperidine rings is 1. The van der Waals surface area contributed by atoms with E-state index in [1.807, 2.05) is 24.0 Å². The number of halogens is 1. The van der Waals surface area contributed by atoms with Crippen molar-refractivity contribution >= 4 is 5.91 Å². The van der Waals surface area contributed by atoms with Gasteiger partial charge in [0.1, 0.15) is 5.82 Å². The fourth-order valence-corrected chi connectivity index (χ4v) is 3.42. The number of aryl methyl sites for hydroxylation is 1. The Kier molecular flexibility index (Phi) is 5.14. The van der Waals surface area contributed by atoms with E-state index in [4.69, 9.17) is 4.52 Å². The number of hydrogen-bond donors (Lipinski definition) is 0. The summed E-state index contributed by atoms with van der Waals surface area (Å²) in [7, 11) is 0. The molecule has 144 valence electrons. The van der Waals surface area contributed by atoms with Crippen molar-refractivity contribution in [3.05, 3.63) is 65.6 Å². The smallest absolute Gasteiger partial charge is 0.255 e. The van der Waals surface area contributed by atoms with Crippen LogP contribution in [0.2, 0.25) is 0 Å². The van der Waals surface area contributed by atoms with Crippen LogP contribution in [0.15, 0.2) is 47.1 Å². The van der Waals surface area contributed by atoms with Crippen LogP contribution in [0.1, 0.15) is 34.8 Å². The second kappa shape index (κ2) is 7.88. The lowest BCUT2D eigenvalue weighted by molar-refractivity contribution is 0.0687. The molecule has 1 aromatic carbocycles. The molecule has 0 spiro atoms. The zero-order valence-electron chi connectivity index (χ0n) is 15.6. The summed E-state index contributed by atoms with van der Waals surface area (Å²) in [4.78, 5) is 23.1. The van der Waals surface area contributed by atoms with Gasteiger partial charge in [0, 0.05) is 37.0 Å². The highest BCUT2D eigenvalue weighted by atomic mass is 19.1. The number of pyridine rings is 1. The van der Waals surface area contributed by atoms with Crippen LogP contribution in [0, 0.1) is 18.7 Å². The third-order valence-corrected chi connectivity index (χ3v) is 5.09. The Labute approximate surface area is 162 Å². The third kappa shape index (κ3) is 4.08. The van der Waals surface area contributed by atoms with E-state index in [0.29, 0.717) is 42.7 Å². The molecule has 1 aliphatic heterocycles. The van der Waals surface area contributed by atoms with Crippen molar-refractivity contribution in [3.63, 3.8) is 0 Å². The molecule has 1 aliphatic rings. The maximum absolute atomic E-state index is 13.0. The van der Waals surface area contributed by atoms with E-state index in [2.05, 4.69) is 15.1 Å². The lowest BCUT2D eigenvalue weighted by atomic mass is 9.93. The first-order valence-electron chi connectivity index (χ1n) is 9.39. The molecule has 0 N–H and O–H groups in total. The van der Waals surface area contributed by atoms with Crippen LogP contribution in [0.3, 0.4) is 0 Å². The van der Waals surface area contributed by atoms with E-state index < -0.39 is 0 Å². The molecule has 0 atom stereocenters. The molecule has 1 amide bonds. The van der Waals surface area contributed by atoms with Crippen molar-refractivity contribution in [1.82, 2.24) is 20.0 Å². The van der Waals surface area contributed by atoms with Crippen molar-refractivity contribution in [2.75, 3.05) is 13.1 Å². The van der Waals surface area contributed by atoms with Crippen LogP contribution in [0.5, 0.6) is 0 Å². The number of carbonyl (C=O) groups excluding carboxylic acids is 1. The first kappa shape index (κ1) is 18.3. The van der Waals surface area contributed by atoms with Crippen molar-refractivity contribution in [2.45, 2.75) is 26.2 Å². The molecular weight excluding hydrogens is 359 g/mol. The minimum Gasteiger partial charge on any atom is -0.339 e. The van der Waals surface area contributed by atoms with E-state index >= 15 is 0 Å². The first-order chi connectivity index (χ1) is 13.6. The van der Waals surface area contributed by atoms with E-state index in [0.717, 1.165) is 24.1 Å². The maximum atomic E-state index is 13.0. The lowest BCUT2D eigenvalue weighted by Gasteiger charge is -2.31. The van der Waals surface area contributed by atoms with E-state index in [1.165, 1.54) is 12.1 Å². The fraction of sp³-hybridized carbons (Fsp3) is 0.333. The number of hydrogen-bond acceptors (Lipinski definition) is 5. The van der Waals surface area contributed by atoms with Gasteiger partial charge in [-0.15, -0.1) is 0 Å². The van der Waals surface area contributed by atoms with Gasteiger partial charge in [0.2, 0.25) is 11.7 Å². The number of aromatic nitrogens is 3. The molecule has 3 heterocycles. The van der Waals surface area contributed by atoms with Crippen molar-refractivity contribution in [3.8, 4) is 11.4 Å². The van der Waals surface area contributed by atoms with E-state index in [1.54, 1.807) is 18.3 Å². The summed E-state index contributed by atoms with van der Waals surface area (Å²) < 4.78 is 18.4. The summed E-state index contributed by atoms with van der Waals surface area (Å²) in [6, 6.07) is 9.70. The molecule has 0 unspecified atom stereocenters. The molecule has 0 saturated carbocycles. The monoisotopic (exact) mass is 380 g/mol. The fourth-order valence-electron chi connectivity index (χ4n) is 3.42. The zero-order chi connectivity index (χ0) is 19.5. The van der Waals surface area contributed by atoms with Crippen LogP contribution < -0.4 is 0 Å². The predicted molar refractivity (Wildman–Crippen MR) is 101 cm³/mol. The van der Waals surface area contributed by atoms with Gasteiger partial charge < -0.3 is 9.42 Å². The number of amides is 1. The molecule has 7 heteroatoms. The van der Waals surface area contributed by atoms with Gasteiger partial charge in [-0.05, 0) is 62.1 Å². The third-order valence-electron chi connectivity index (χ3n) is 5.09. The summed E-state index contributed by atoms with van der Waals surface area (Å²) in [6.07, 6.45) is 4.10. The molecule has 4 rings (SSSR count). The average molecular weight is 380 g/mol. The van der Waals surface area contributed by atoms with Gasteiger partial charge in [0.15, 0.2) is 0 Å². The Morgan fingerprint density at radius 1 is 1.18 bits per heavy atom. The highest BCUT2D eigenvalue weighted by molar-refractivity contribution is 5.93. The van der Waals surface area contributed by atoms with Crippen LogP contribution in [-0.4, -0.2) is 39.0 Å². The summed E-state index contributed by atoms with van der Waals surface area (Å²) >= 11 is 0. The van der Waals surface area contributed by atoms with Gasteiger partial charge in [0.05, 0.1) is 5.56 Å². The van der Waals surface area contributed by atoms with Gasteiger partial charge in [-0.25, -0.2) is 4.39 Å². The van der Waals surface area contributed by atoms with Gasteiger partial charge in [-0.2, -0.15) is 4.98 Å². The van der Waals surface area contributed by atoms with E-state index in [-0.39, 0.29) is 11.7 Å². The molecule has 6 nitrogen and oxygen atoms in total. The number of benzene rings is 1. The summed E-state index contributed by atoms with van der Waals surface area (Å²) in [5.41, 5.74) is 2.25. The zero-order valence-corrected chi connectivity index (χ0v) is 15.6. The molecule has 1 saturated heterocycles. The quantitative estimate of drug-likeness (QED) is 0.690. The summed E-state index contributed by atoms with van der Waals surface area (Å²) in [5.74, 6) is 1.17. The standard InChI is InChI=1S/C21H21FN4O2/c1-14-2-3-17(13-23-14)21(27)26-10-8-15(9-11-26)12-19-24-20(25-28-19)16-4-6-18(22)7-5-16/h2-7,13,15H,8-12H2,1H3. The molecule has 1 fully saturated rings. The Morgan fingerprint density at radius 3 is 2.61 bits per heavy atom. The van der Waals surface area contributed by atoms with Gasteiger partial charge in [-0.1, -0.05) is 5.16 Å². The van der Waals surface area contributed by atoms with E-state index in [9.17, 15) is 9.18 Å². The summed E-state index contributed by atoms with van der Waals surface area (Å²) in [6.45, 7) is 3.31. The second-order valence-corrected chi connectivity index (χ2v) is 7.15. The number of likely N-dealkylation sites (tertiary alicyclic amines) is 1. The Balaban J connectivity index is 1.33. The van der Waals surface area contributed by atoms with Crippen molar-refractivity contribution in [2.24, 2.45) is 5.92 Å². The molecule has 28 heavy (non-hydrogen) atoms. The maximum Gasteiger partial charge on any atom is 0.255 e. The van der Waals surface area contributed by atoms with Crippen molar-refractivity contribution in [1.29, 1.82) is 0 Å². The van der Waals surface area contributed by atoms with Gasteiger partial charge >= 0.3 is 0 Å². The van der Waals surface area contributed by atoms with Crippen molar-refractivity contribution < 1.29 is 13.7 Å². The minimum atomic E-state index is -0.296. The van der Waals surface area contributed by atoms with Crippen LogP contribution >= 0.6 is 0 Å². The minimum absolute atomic E-state index is 0.0299. The SMILES string of the molecule is Cc1ccc(C(=O)N2CCC(Cc3nc(-c4ccc(F)cc4)no3)CC2)cn1. The number of nitrogens with zero attached hydrogens (tertiary/aromatic N) is 4. The van der Waals surface area contributed by atoms with Crippen LogP contribution in [-0.2, 0) is 6.42 Å². The van der Waals surface area contributed by atoms with Crippen LogP contribution in [0.25, 0.3) is 11.4 Å².